The van der Waals surface area contributed by atoms with Crippen molar-refractivity contribution in [3.05, 3.63) is 56.3 Å². The second-order valence-corrected chi connectivity index (χ2v) is 9.25. The standard InChI is InChI=1S/C21H20N4O3S2/c1-11-12(2)29-19-17(11)20(27)25(10-22-19)9-16(26)23-21-24-18(13(3)30-21)14-5-7-15(28-4)8-6-14/h5-8,10H,9H2,1-4H3,(H,23,24,26). The number of rotatable bonds is 5. The predicted octanol–water partition coefficient (Wildman–Crippen LogP) is 4.15. The van der Waals surface area contributed by atoms with Gasteiger partial charge < -0.3 is 10.1 Å². The second kappa shape index (κ2) is 8.00. The number of aromatic nitrogens is 3. The number of nitrogens with zero attached hydrogens (tertiary/aromatic N) is 3. The molecule has 3 heterocycles. The minimum atomic E-state index is -0.321. The number of carbonyl (C=O) groups excluding carboxylic acids is 1. The van der Waals surface area contributed by atoms with Crippen LogP contribution in [0.5, 0.6) is 5.75 Å². The van der Waals surface area contributed by atoms with Crippen molar-refractivity contribution in [2.45, 2.75) is 27.3 Å². The third kappa shape index (κ3) is 3.73. The van der Waals surface area contributed by atoms with Gasteiger partial charge in [-0.1, -0.05) is 0 Å². The van der Waals surface area contributed by atoms with Crippen LogP contribution in [0.2, 0.25) is 0 Å². The summed E-state index contributed by atoms with van der Waals surface area (Å²) in [4.78, 5) is 37.0. The highest BCUT2D eigenvalue weighted by Crippen LogP contribution is 2.31. The van der Waals surface area contributed by atoms with E-state index >= 15 is 0 Å². The van der Waals surface area contributed by atoms with Gasteiger partial charge in [-0.3, -0.25) is 14.2 Å². The molecule has 0 saturated carbocycles. The molecule has 9 heteroatoms. The van der Waals surface area contributed by atoms with E-state index in [1.54, 1.807) is 7.11 Å². The molecule has 3 aromatic heterocycles. The van der Waals surface area contributed by atoms with E-state index in [-0.39, 0.29) is 18.0 Å². The largest absolute Gasteiger partial charge is 0.497 e. The minimum Gasteiger partial charge on any atom is -0.497 e. The van der Waals surface area contributed by atoms with Gasteiger partial charge in [-0.25, -0.2) is 9.97 Å². The van der Waals surface area contributed by atoms with Crippen LogP contribution in [-0.4, -0.2) is 27.6 Å². The van der Waals surface area contributed by atoms with Crippen LogP contribution in [0.4, 0.5) is 5.13 Å². The van der Waals surface area contributed by atoms with Gasteiger partial charge in [-0.2, -0.15) is 0 Å². The lowest BCUT2D eigenvalue weighted by molar-refractivity contribution is -0.116. The summed E-state index contributed by atoms with van der Waals surface area (Å²) >= 11 is 2.88. The second-order valence-electron chi connectivity index (χ2n) is 6.84. The molecule has 0 bridgehead atoms. The predicted molar refractivity (Wildman–Crippen MR) is 121 cm³/mol. The Balaban J connectivity index is 1.53. The first-order valence-electron chi connectivity index (χ1n) is 9.24. The Hall–Kier alpha value is -3.04. The lowest BCUT2D eigenvalue weighted by atomic mass is 10.1. The number of nitrogens with one attached hydrogen (secondary N) is 1. The summed E-state index contributed by atoms with van der Waals surface area (Å²) in [5.74, 6) is 0.449. The van der Waals surface area contributed by atoms with E-state index in [1.807, 2.05) is 45.0 Å². The average Bonchev–Trinajstić information content (AvgIpc) is 3.23. The van der Waals surface area contributed by atoms with E-state index in [0.717, 1.165) is 32.3 Å². The van der Waals surface area contributed by atoms with Gasteiger partial charge in [0.05, 0.1) is 24.5 Å². The maximum Gasteiger partial charge on any atom is 0.262 e. The number of thiophene rings is 1. The number of benzene rings is 1. The molecule has 7 nitrogen and oxygen atoms in total. The first-order valence-corrected chi connectivity index (χ1v) is 10.9. The Labute approximate surface area is 181 Å². The zero-order valence-electron chi connectivity index (χ0n) is 17.0. The maximum atomic E-state index is 12.8. The SMILES string of the molecule is COc1ccc(-c2nc(NC(=O)Cn3cnc4sc(C)c(C)c4c3=O)sc2C)cc1. The molecule has 1 aromatic carbocycles. The number of methoxy groups -OCH3 is 1. The molecule has 30 heavy (non-hydrogen) atoms. The third-order valence-corrected chi connectivity index (χ3v) is 6.88. The van der Waals surface area contributed by atoms with E-state index in [9.17, 15) is 9.59 Å². The lowest BCUT2D eigenvalue weighted by Crippen LogP contribution is -2.27. The van der Waals surface area contributed by atoms with Crippen molar-refractivity contribution >= 4 is 43.9 Å². The molecule has 4 rings (SSSR count). The summed E-state index contributed by atoms with van der Waals surface area (Å²) < 4.78 is 6.52. The minimum absolute atomic E-state index is 0.118. The first kappa shape index (κ1) is 20.2. The Morgan fingerprint density at radius 2 is 1.87 bits per heavy atom. The Morgan fingerprint density at radius 1 is 1.13 bits per heavy atom. The van der Waals surface area contributed by atoms with E-state index < -0.39 is 0 Å². The summed E-state index contributed by atoms with van der Waals surface area (Å²) in [5.41, 5.74) is 2.47. The smallest absolute Gasteiger partial charge is 0.262 e. The molecule has 0 aliphatic heterocycles. The van der Waals surface area contributed by atoms with Gasteiger partial charge in [0.25, 0.3) is 5.56 Å². The number of hydrogen-bond acceptors (Lipinski definition) is 7. The topological polar surface area (TPSA) is 86.1 Å². The van der Waals surface area contributed by atoms with Crippen LogP contribution < -0.4 is 15.6 Å². The first-order chi connectivity index (χ1) is 14.4. The fourth-order valence-corrected chi connectivity index (χ4v) is 5.00. The molecule has 1 N–H and O–H groups in total. The normalized spacial score (nSPS) is 11.1. The highest BCUT2D eigenvalue weighted by molar-refractivity contribution is 7.18. The summed E-state index contributed by atoms with van der Waals surface area (Å²) in [6.45, 7) is 5.70. The number of ether oxygens (including phenoxy) is 1. The molecule has 154 valence electrons. The number of aryl methyl sites for hydroxylation is 3. The lowest BCUT2D eigenvalue weighted by Gasteiger charge is -2.05. The van der Waals surface area contributed by atoms with Crippen LogP contribution in [0.15, 0.2) is 35.4 Å². The van der Waals surface area contributed by atoms with Crippen LogP contribution in [-0.2, 0) is 11.3 Å². The van der Waals surface area contributed by atoms with Crippen molar-refractivity contribution < 1.29 is 9.53 Å². The van der Waals surface area contributed by atoms with Gasteiger partial charge in [-0.15, -0.1) is 22.7 Å². The van der Waals surface area contributed by atoms with Crippen LogP contribution >= 0.6 is 22.7 Å². The maximum absolute atomic E-state index is 12.8. The van der Waals surface area contributed by atoms with Crippen LogP contribution in [0.1, 0.15) is 15.3 Å². The van der Waals surface area contributed by atoms with Crippen molar-refractivity contribution in [2.75, 3.05) is 12.4 Å². The summed E-state index contributed by atoms with van der Waals surface area (Å²) in [6.07, 6.45) is 1.43. The van der Waals surface area contributed by atoms with Crippen molar-refractivity contribution in [1.82, 2.24) is 14.5 Å². The molecule has 0 fully saturated rings. The highest BCUT2D eigenvalue weighted by atomic mass is 32.1. The summed E-state index contributed by atoms with van der Waals surface area (Å²) in [6, 6.07) is 7.60. The van der Waals surface area contributed by atoms with Gasteiger partial charge in [0.1, 0.15) is 17.1 Å². The fraction of sp³-hybridized carbons (Fsp3) is 0.238. The highest BCUT2D eigenvalue weighted by Gasteiger charge is 2.16. The molecular weight excluding hydrogens is 420 g/mol. The van der Waals surface area contributed by atoms with Crippen molar-refractivity contribution in [2.24, 2.45) is 0 Å². The number of anilines is 1. The molecule has 0 aliphatic carbocycles. The molecule has 0 atom stereocenters. The number of amides is 1. The van der Waals surface area contributed by atoms with Gasteiger partial charge in [0.2, 0.25) is 5.91 Å². The van der Waals surface area contributed by atoms with Gasteiger partial charge in [0, 0.05) is 15.3 Å². The van der Waals surface area contributed by atoms with Gasteiger partial charge in [0.15, 0.2) is 5.13 Å². The number of fused-ring (bicyclic) bond motifs is 1. The molecular formula is C21H20N4O3S2. The molecule has 0 radical (unpaired) electrons. The Morgan fingerprint density at radius 3 is 2.57 bits per heavy atom. The number of carbonyl (C=O) groups is 1. The third-order valence-electron chi connectivity index (χ3n) is 4.88. The fourth-order valence-electron chi connectivity index (χ4n) is 3.16. The van der Waals surface area contributed by atoms with Crippen molar-refractivity contribution in [1.29, 1.82) is 0 Å². The number of thiazole rings is 1. The van der Waals surface area contributed by atoms with E-state index in [0.29, 0.717) is 15.3 Å². The van der Waals surface area contributed by atoms with E-state index in [4.69, 9.17) is 4.74 Å². The van der Waals surface area contributed by atoms with E-state index in [1.165, 1.54) is 33.6 Å². The van der Waals surface area contributed by atoms with Gasteiger partial charge >= 0.3 is 0 Å². The quantitative estimate of drug-likeness (QED) is 0.504. The zero-order chi connectivity index (χ0) is 21.4. The average molecular weight is 441 g/mol. The van der Waals surface area contributed by atoms with Crippen molar-refractivity contribution in [3.8, 4) is 17.0 Å². The molecule has 0 spiro atoms. The Bertz CT molecular complexity index is 1300. The zero-order valence-corrected chi connectivity index (χ0v) is 18.6. The summed E-state index contributed by atoms with van der Waals surface area (Å²) in [5, 5.41) is 3.87. The molecule has 0 unspecified atom stereocenters. The van der Waals surface area contributed by atoms with Crippen LogP contribution in [0.3, 0.4) is 0 Å². The molecule has 0 aliphatic rings. The van der Waals surface area contributed by atoms with E-state index in [2.05, 4.69) is 15.3 Å². The monoisotopic (exact) mass is 440 g/mol. The Kier molecular flexibility index (Phi) is 5.40. The summed E-state index contributed by atoms with van der Waals surface area (Å²) in [7, 11) is 1.62. The van der Waals surface area contributed by atoms with Crippen LogP contribution in [0, 0.1) is 20.8 Å². The van der Waals surface area contributed by atoms with Gasteiger partial charge in [-0.05, 0) is 50.6 Å². The molecule has 4 aromatic rings. The van der Waals surface area contributed by atoms with Crippen LogP contribution in [0.25, 0.3) is 21.5 Å². The number of hydrogen-bond donors (Lipinski definition) is 1. The van der Waals surface area contributed by atoms with Crippen molar-refractivity contribution in [3.63, 3.8) is 0 Å². The molecule has 0 saturated heterocycles. The molecule has 1 amide bonds.